The fourth-order valence-electron chi connectivity index (χ4n) is 1.91. The van der Waals surface area contributed by atoms with Crippen molar-refractivity contribution >= 4 is 5.78 Å². The molecule has 0 spiro atoms. The SMILES string of the molecule is CC(=O)c1ccccc1-c1cc(F)ccc1C. The van der Waals surface area contributed by atoms with Gasteiger partial charge in [-0.1, -0.05) is 30.3 Å². The van der Waals surface area contributed by atoms with E-state index < -0.39 is 0 Å². The molecule has 0 aliphatic carbocycles. The van der Waals surface area contributed by atoms with Crippen LogP contribution in [-0.2, 0) is 0 Å². The van der Waals surface area contributed by atoms with Crippen molar-refractivity contribution in [3.05, 3.63) is 59.4 Å². The summed E-state index contributed by atoms with van der Waals surface area (Å²) in [5.74, 6) is -0.298. The van der Waals surface area contributed by atoms with E-state index in [1.807, 2.05) is 25.1 Å². The highest BCUT2D eigenvalue weighted by Gasteiger charge is 2.10. The minimum atomic E-state index is -0.288. The molecule has 0 aliphatic rings. The summed E-state index contributed by atoms with van der Waals surface area (Å²) >= 11 is 0. The molecule has 0 atom stereocenters. The van der Waals surface area contributed by atoms with E-state index in [9.17, 15) is 9.18 Å². The Morgan fingerprint density at radius 1 is 1.06 bits per heavy atom. The molecular formula is C15H13FO. The lowest BCUT2D eigenvalue weighted by molar-refractivity contribution is 0.101. The number of Topliss-reactive ketones (excluding diaryl/α,β-unsaturated/α-hetero) is 1. The Labute approximate surface area is 99.9 Å². The van der Waals surface area contributed by atoms with E-state index in [2.05, 4.69) is 0 Å². The second-order valence-corrected chi connectivity index (χ2v) is 4.06. The van der Waals surface area contributed by atoms with Gasteiger partial charge in [-0.25, -0.2) is 4.39 Å². The summed E-state index contributed by atoms with van der Waals surface area (Å²) in [6.07, 6.45) is 0. The van der Waals surface area contributed by atoms with Gasteiger partial charge in [0, 0.05) is 5.56 Å². The molecule has 2 heteroatoms. The standard InChI is InChI=1S/C15H13FO/c1-10-7-8-12(16)9-15(10)14-6-4-3-5-13(14)11(2)17/h3-9H,1-2H3. The molecule has 0 radical (unpaired) electrons. The summed E-state index contributed by atoms with van der Waals surface area (Å²) in [5.41, 5.74) is 3.15. The van der Waals surface area contributed by atoms with Gasteiger partial charge in [-0.3, -0.25) is 4.79 Å². The predicted octanol–water partition coefficient (Wildman–Crippen LogP) is 4.00. The van der Waals surface area contributed by atoms with Crippen molar-refractivity contribution in [2.24, 2.45) is 0 Å². The van der Waals surface area contributed by atoms with Gasteiger partial charge in [0.15, 0.2) is 5.78 Å². The number of aryl methyl sites for hydroxylation is 1. The van der Waals surface area contributed by atoms with E-state index >= 15 is 0 Å². The Morgan fingerprint density at radius 3 is 2.47 bits per heavy atom. The molecule has 0 aliphatic heterocycles. The minimum absolute atomic E-state index is 0.00994. The first kappa shape index (κ1) is 11.5. The van der Waals surface area contributed by atoms with Crippen molar-refractivity contribution in [1.29, 1.82) is 0 Å². The number of ketones is 1. The molecule has 0 N–H and O–H groups in total. The molecule has 0 unspecified atom stereocenters. The van der Waals surface area contributed by atoms with Crippen LogP contribution in [0.5, 0.6) is 0 Å². The maximum Gasteiger partial charge on any atom is 0.160 e. The number of rotatable bonds is 2. The smallest absolute Gasteiger partial charge is 0.160 e. The lowest BCUT2D eigenvalue weighted by atomic mass is 9.94. The Hall–Kier alpha value is -1.96. The highest BCUT2D eigenvalue weighted by atomic mass is 19.1. The van der Waals surface area contributed by atoms with Crippen LogP contribution in [0, 0.1) is 12.7 Å². The molecule has 0 bridgehead atoms. The normalized spacial score (nSPS) is 10.3. The zero-order valence-electron chi connectivity index (χ0n) is 9.83. The number of hydrogen-bond donors (Lipinski definition) is 0. The number of hydrogen-bond acceptors (Lipinski definition) is 1. The van der Waals surface area contributed by atoms with Crippen LogP contribution in [-0.4, -0.2) is 5.78 Å². The lowest BCUT2D eigenvalue weighted by Crippen LogP contribution is -1.97. The Kier molecular flexibility index (Phi) is 3.05. The molecule has 2 aromatic carbocycles. The molecule has 1 nitrogen and oxygen atoms in total. The van der Waals surface area contributed by atoms with Crippen molar-refractivity contribution in [3.8, 4) is 11.1 Å². The van der Waals surface area contributed by atoms with E-state index in [0.717, 1.165) is 16.7 Å². The van der Waals surface area contributed by atoms with Crippen LogP contribution in [0.25, 0.3) is 11.1 Å². The molecule has 0 amide bonds. The Balaban J connectivity index is 2.68. The zero-order valence-corrected chi connectivity index (χ0v) is 9.83. The molecular weight excluding hydrogens is 215 g/mol. The van der Waals surface area contributed by atoms with Crippen LogP contribution >= 0.6 is 0 Å². The van der Waals surface area contributed by atoms with Crippen LogP contribution in [0.15, 0.2) is 42.5 Å². The number of carbonyl (C=O) groups is 1. The van der Waals surface area contributed by atoms with E-state index in [4.69, 9.17) is 0 Å². The Bertz CT molecular complexity index is 573. The Morgan fingerprint density at radius 2 is 1.76 bits per heavy atom. The van der Waals surface area contributed by atoms with Gasteiger partial charge in [0.2, 0.25) is 0 Å². The van der Waals surface area contributed by atoms with Crippen molar-refractivity contribution in [2.75, 3.05) is 0 Å². The first-order valence-electron chi connectivity index (χ1n) is 5.46. The molecule has 0 saturated heterocycles. The molecule has 2 aromatic rings. The number of halogens is 1. The van der Waals surface area contributed by atoms with Gasteiger partial charge in [-0.15, -0.1) is 0 Å². The van der Waals surface area contributed by atoms with Gasteiger partial charge < -0.3 is 0 Å². The molecule has 0 heterocycles. The summed E-state index contributed by atoms with van der Waals surface area (Å²) in [6.45, 7) is 3.43. The van der Waals surface area contributed by atoms with E-state index in [1.165, 1.54) is 19.1 Å². The quantitative estimate of drug-likeness (QED) is 0.710. The molecule has 17 heavy (non-hydrogen) atoms. The van der Waals surface area contributed by atoms with Crippen molar-refractivity contribution in [1.82, 2.24) is 0 Å². The van der Waals surface area contributed by atoms with Crippen LogP contribution in [0.3, 0.4) is 0 Å². The third-order valence-corrected chi connectivity index (χ3v) is 2.80. The topological polar surface area (TPSA) is 17.1 Å². The third-order valence-electron chi connectivity index (χ3n) is 2.80. The lowest BCUT2D eigenvalue weighted by Gasteiger charge is -2.10. The first-order chi connectivity index (χ1) is 8.09. The van der Waals surface area contributed by atoms with Crippen LogP contribution in [0.2, 0.25) is 0 Å². The zero-order chi connectivity index (χ0) is 12.4. The van der Waals surface area contributed by atoms with Crippen molar-refractivity contribution in [2.45, 2.75) is 13.8 Å². The summed E-state index contributed by atoms with van der Waals surface area (Å²) in [6, 6.07) is 11.9. The van der Waals surface area contributed by atoms with Gasteiger partial charge in [-0.05, 0) is 42.7 Å². The largest absolute Gasteiger partial charge is 0.294 e. The van der Waals surface area contributed by atoms with E-state index in [-0.39, 0.29) is 11.6 Å². The monoisotopic (exact) mass is 228 g/mol. The molecule has 0 fully saturated rings. The van der Waals surface area contributed by atoms with Crippen LogP contribution < -0.4 is 0 Å². The highest BCUT2D eigenvalue weighted by Crippen LogP contribution is 2.27. The maximum absolute atomic E-state index is 13.3. The minimum Gasteiger partial charge on any atom is -0.294 e. The summed E-state index contributed by atoms with van der Waals surface area (Å²) in [7, 11) is 0. The second kappa shape index (κ2) is 4.50. The molecule has 0 saturated carbocycles. The second-order valence-electron chi connectivity index (χ2n) is 4.06. The average molecular weight is 228 g/mol. The van der Waals surface area contributed by atoms with Crippen LogP contribution in [0.4, 0.5) is 4.39 Å². The van der Waals surface area contributed by atoms with Gasteiger partial charge in [0.05, 0.1) is 0 Å². The van der Waals surface area contributed by atoms with E-state index in [0.29, 0.717) is 5.56 Å². The molecule has 0 aromatic heterocycles. The van der Waals surface area contributed by atoms with Gasteiger partial charge in [0.1, 0.15) is 5.82 Å². The summed E-state index contributed by atoms with van der Waals surface area (Å²) in [4.78, 5) is 11.5. The van der Waals surface area contributed by atoms with Crippen LogP contribution in [0.1, 0.15) is 22.8 Å². The van der Waals surface area contributed by atoms with Crippen molar-refractivity contribution < 1.29 is 9.18 Å². The maximum atomic E-state index is 13.3. The molecule has 2 rings (SSSR count). The summed E-state index contributed by atoms with van der Waals surface area (Å²) < 4.78 is 13.3. The number of carbonyl (C=O) groups excluding carboxylic acids is 1. The highest BCUT2D eigenvalue weighted by molar-refractivity contribution is 6.01. The first-order valence-corrected chi connectivity index (χ1v) is 5.46. The fourth-order valence-corrected chi connectivity index (χ4v) is 1.91. The van der Waals surface area contributed by atoms with Crippen molar-refractivity contribution in [3.63, 3.8) is 0 Å². The average Bonchev–Trinajstić information content (AvgIpc) is 2.32. The number of benzene rings is 2. The molecule has 86 valence electrons. The van der Waals surface area contributed by atoms with Gasteiger partial charge in [0.25, 0.3) is 0 Å². The van der Waals surface area contributed by atoms with Gasteiger partial charge >= 0.3 is 0 Å². The third kappa shape index (κ3) is 2.26. The predicted molar refractivity (Wildman–Crippen MR) is 66.6 cm³/mol. The van der Waals surface area contributed by atoms with E-state index in [1.54, 1.807) is 12.1 Å². The summed E-state index contributed by atoms with van der Waals surface area (Å²) in [5, 5.41) is 0. The fraction of sp³-hybridized carbons (Fsp3) is 0.133. The van der Waals surface area contributed by atoms with Gasteiger partial charge in [-0.2, -0.15) is 0 Å².